The van der Waals surface area contributed by atoms with Crippen LogP contribution >= 0.6 is 0 Å². The van der Waals surface area contributed by atoms with E-state index in [9.17, 15) is 14.4 Å². The second-order valence-electron chi connectivity index (χ2n) is 11.4. The molecule has 1 N–H and O–H groups in total. The molecule has 0 spiro atoms. The summed E-state index contributed by atoms with van der Waals surface area (Å²) < 4.78 is 52.9. The summed E-state index contributed by atoms with van der Waals surface area (Å²) >= 11 is 0. The van der Waals surface area contributed by atoms with Crippen LogP contribution in [0.3, 0.4) is 0 Å². The second-order valence-corrected chi connectivity index (χ2v) is 11.4. The quantitative estimate of drug-likeness (QED) is 0.100. The Morgan fingerprint density at radius 1 is 0.765 bits per heavy atom. The highest BCUT2D eigenvalue weighted by molar-refractivity contribution is 5.89. The van der Waals surface area contributed by atoms with E-state index in [1.165, 1.54) is 10.8 Å². The van der Waals surface area contributed by atoms with Gasteiger partial charge in [0.25, 0.3) is 5.56 Å². The van der Waals surface area contributed by atoms with E-state index in [1.807, 2.05) is 30.3 Å². The summed E-state index contributed by atoms with van der Waals surface area (Å²) in [4.78, 5) is 39.4. The van der Waals surface area contributed by atoms with Crippen LogP contribution in [-0.4, -0.2) is 112 Å². The van der Waals surface area contributed by atoms with Gasteiger partial charge in [-0.05, 0) is 24.6 Å². The van der Waals surface area contributed by atoms with Crippen LogP contribution in [0, 0.1) is 6.92 Å². The molecule has 1 aromatic heterocycles. The van der Waals surface area contributed by atoms with Gasteiger partial charge in [0.05, 0.1) is 91.5 Å². The van der Waals surface area contributed by atoms with Gasteiger partial charge in [0.1, 0.15) is 13.0 Å². The number of hydrogen-bond donors (Lipinski definition) is 1. The summed E-state index contributed by atoms with van der Waals surface area (Å²) in [6.45, 7) is 5.43. The van der Waals surface area contributed by atoms with Crippen molar-refractivity contribution >= 4 is 5.97 Å². The van der Waals surface area contributed by atoms with Crippen molar-refractivity contribution in [1.82, 2.24) is 9.13 Å². The Hall–Kier alpha value is -3.77. The van der Waals surface area contributed by atoms with Crippen molar-refractivity contribution in [3.63, 3.8) is 0 Å². The fraction of sp³-hybridized carbons (Fsp3) is 0.528. The predicted octanol–water partition coefficient (Wildman–Crippen LogP) is 2.06. The Kier molecular flexibility index (Phi) is 18.0. The summed E-state index contributed by atoms with van der Waals surface area (Å²) in [5.41, 5.74) is 0.480. The number of rotatable bonds is 25. The van der Waals surface area contributed by atoms with Gasteiger partial charge in [-0.25, -0.2) is 14.2 Å². The van der Waals surface area contributed by atoms with E-state index in [2.05, 4.69) is 0 Å². The minimum Gasteiger partial charge on any atom is -0.453 e. The lowest BCUT2D eigenvalue weighted by atomic mass is 10.2. The topological polar surface area (TPSA) is 164 Å². The largest absolute Gasteiger partial charge is 0.453 e. The molecule has 15 nitrogen and oxygen atoms in total. The minimum absolute atomic E-state index is 0.00802. The fourth-order valence-corrected chi connectivity index (χ4v) is 4.99. The molecule has 0 aliphatic carbocycles. The molecule has 1 aliphatic rings. The van der Waals surface area contributed by atoms with Crippen molar-refractivity contribution in [3.05, 3.63) is 104 Å². The number of aliphatic hydroxyl groups is 1. The second kappa shape index (κ2) is 22.9. The van der Waals surface area contributed by atoms with Gasteiger partial charge in [-0.3, -0.25) is 9.36 Å². The molecule has 3 atom stereocenters. The number of nitrogens with zero attached hydrogens (tertiary/aromatic N) is 2. The first-order chi connectivity index (χ1) is 25.0. The third-order valence-electron chi connectivity index (χ3n) is 7.54. The lowest BCUT2D eigenvalue weighted by Crippen LogP contribution is -2.42. The van der Waals surface area contributed by atoms with Crippen LogP contribution in [0.15, 0.2) is 76.4 Å². The molecule has 0 radical (unpaired) electrons. The fourth-order valence-electron chi connectivity index (χ4n) is 4.99. The normalized spacial score (nSPS) is 17.2. The Balaban J connectivity index is 1.23. The number of benzene rings is 2. The molecule has 2 heterocycles. The van der Waals surface area contributed by atoms with Crippen LogP contribution in [0.2, 0.25) is 0 Å². The highest BCUT2D eigenvalue weighted by Crippen LogP contribution is 2.31. The minimum atomic E-state index is -1.00. The molecule has 0 unspecified atom stereocenters. The summed E-state index contributed by atoms with van der Waals surface area (Å²) in [7, 11) is 0. The van der Waals surface area contributed by atoms with E-state index in [0.29, 0.717) is 70.6 Å². The molecule has 280 valence electrons. The third kappa shape index (κ3) is 13.7. The van der Waals surface area contributed by atoms with E-state index in [0.717, 1.165) is 10.1 Å². The summed E-state index contributed by atoms with van der Waals surface area (Å²) in [5.74, 6) is -0.560. The lowest BCUT2D eigenvalue weighted by molar-refractivity contribution is -0.184. The third-order valence-corrected chi connectivity index (χ3v) is 7.54. The smallest absolute Gasteiger partial charge is 0.338 e. The average Bonchev–Trinajstić information content (AvgIpc) is 3.55. The molecule has 1 aliphatic heterocycles. The van der Waals surface area contributed by atoms with Gasteiger partial charge in [-0.15, -0.1) is 0 Å². The van der Waals surface area contributed by atoms with Crippen LogP contribution in [0.25, 0.3) is 0 Å². The van der Waals surface area contributed by atoms with Crippen LogP contribution in [0.4, 0.5) is 0 Å². The Labute approximate surface area is 296 Å². The lowest BCUT2D eigenvalue weighted by Gasteiger charge is -2.20. The molecule has 4 rings (SSSR count). The van der Waals surface area contributed by atoms with Gasteiger partial charge < -0.3 is 47.7 Å². The molecule has 51 heavy (non-hydrogen) atoms. The number of carbonyl (C=O) groups excluding carboxylic acids is 1. The summed E-state index contributed by atoms with van der Waals surface area (Å²) in [6.07, 6.45) is -1.20. The van der Waals surface area contributed by atoms with Crippen LogP contribution in [-0.2, 0) is 56.0 Å². The average molecular weight is 717 g/mol. The zero-order valence-corrected chi connectivity index (χ0v) is 28.9. The molecule has 1 fully saturated rings. The van der Waals surface area contributed by atoms with Crippen molar-refractivity contribution in [1.29, 1.82) is 0 Å². The Morgan fingerprint density at radius 3 is 1.90 bits per heavy atom. The van der Waals surface area contributed by atoms with Gasteiger partial charge in [0, 0.05) is 18.2 Å². The van der Waals surface area contributed by atoms with Gasteiger partial charge >= 0.3 is 11.7 Å². The molecule has 0 bridgehead atoms. The van der Waals surface area contributed by atoms with E-state index in [4.69, 9.17) is 47.7 Å². The highest BCUT2D eigenvalue weighted by Gasteiger charge is 2.40. The number of carbonyl (C=O) groups is 1. The molecular weight excluding hydrogens is 668 g/mol. The van der Waals surface area contributed by atoms with Crippen molar-refractivity contribution in [2.45, 2.75) is 45.3 Å². The van der Waals surface area contributed by atoms with Crippen LogP contribution < -0.4 is 11.2 Å². The van der Waals surface area contributed by atoms with Crippen molar-refractivity contribution < 1.29 is 52.5 Å². The number of aromatic nitrogens is 2. The Morgan fingerprint density at radius 2 is 1.31 bits per heavy atom. The highest BCUT2D eigenvalue weighted by atomic mass is 16.7. The predicted molar refractivity (Wildman–Crippen MR) is 182 cm³/mol. The number of aliphatic hydroxyl groups excluding tert-OH is 1. The summed E-state index contributed by atoms with van der Waals surface area (Å²) in [5, 5.41) is 8.64. The SMILES string of the molecule is Cc1cn([C@H]2C[C@H](OC(=O)c3ccccc3)[C@@H](OCCOCCOCCOCCOCCOCCO)O2)c(=O)n(COCc2ccccc2)c1=O. The first-order valence-electron chi connectivity index (χ1n) is 16.9. The maximum absolute atomic E-state index is 13.5. The molecular formula is C36H48N2O13. The van der Waals surface area contributed by atoms with Gasteiger partial charge in [-0.2, -0.15) is 0 Å². The Bertz CT molecular complexity index is 1530. The van der Waals surface area contributed by atoms with E-state index in [1.54, 1.807) is 37.3 Å². The number of esters is 1. The maximum atomic E-state index is 13.5. The zero-order chi connectivity index (χ0) is 36.1. The first-order valence-corrected chi connectivity index (χ1v) is 16.9. The standard InChI is InChI=1S/C36H48N2O13/c1-28-25-37(36(42)38(33(28)40)27-48-26-29-8-4-2-5-9-29)32-24-31(50-34(41)30-10-6-3-7-11-30)35(51-32)49-23-22-47-21-20-46-19-18-45-17-16-44-15-14-43-13-12-39/h2-11,25,31-32,35,39H,12-24,26-27H2,1H3/t31-,32+,35-/m0/s1. The van der Waals surface area contributed by atoms with E-state index in [-0.39, 0.29) is 39.6 Å². The van der Waals surface area contributed by atoms with Gasteiger partial charge in [-0.1, -0.05) is 48.5 Å². The van der Waals surface area contributed by atoms with Crippen molar-refractivity contribution in [3.8, 4) is 0 Å². The molecule has 0 amide bonds. The molecule has 0 saturated carbocycles. The van der Waals surface area contributed by atoms with Crippen molar-refractivity contribution in [2.75, 3.05) is 79.3 Å². The van der Waals surface area contributed by atoms with Crippen molar-refractivity contribution in [2.24, 2.45) is 0 Å². The van der Waals surface area contributed by atoms with Gasteiger partial charge in [0.2, 0.25) is 0 Å². The molecule has 2 aromatic carbocycles. The maximum Gasteiger partial charge on any atom is 0.338 e. The molecule has 1 saturated heterocycles. The zero-order valence-electron chi connectivity index (χ0n) is 28.9. The van der Waals surface area contributed by atoms with E-state index >= 15 is 0 Å². The first kappa shape index (κ1) is 40.0. The number of hydrogen-bond acceptors (Lipinski definition) is 13. The molecule has 15 heteroatoms. The van der Waals surface area contributed by atoms with Gasteiger partial charge in [0.15, 0.2) is 12.4 Å². The number of aryl methyl sites for hydroxylation is 1. The summed E-state index contributed by atoms with van der Waals surface area (Å²) in [6, 6.07) is 18.0. The number of ether oxygens (including phenoxy) is 9. The van der Waals surface area contributed by atoms with Crippen LogP contribution in [0.1, 0.15) is 34.1 Å². The van der Waals surface area contributed by atoms with Crippen LogP contribution in [0.5, 0.6) is 0 Å². The monoisotopic (exact) mass is 716 g/mol. The van der Waals surface area contributed by atoms with E-state index < -0.39 is 35.8 Å². The molecule has 3 aromatic rings.